The number of hydrogen-bond acceptors (Lipinski definition) is 5. The zero-order valence-electron chi connectivity index (χ0n) is 15.0. The highest BCUT2D eigenvalue weighted by Gasteiger charge is 2.07. The van der Waals surface area contributed by atoms with E-state index in [1.165, 1.54) is 12.1 Å². The molecule has 0 amide bonds. The third-order valence-corrected chi connectivity index (χ3v) is 3.71. The molecule has 0 atom stereocenters. The molecule has 0 fully saturated rings. The van der Waals surface area contributed by atoms with E-state index in [-0.39, 0.29) is 10.9 Å². The minimum atomic E-state index is -4.27. The van der Waals surface area contributed by atoms with Crippen molar-refractivity contribution in [1.82, 2.24) is 0 Å². The van der Waals surface area contributed by atoms with Crippen LogP contribution in [0.25, 0.3) is 0 Å². The number of benzene rings is 1. The van der Waals surface area contributed by atoms with Crippen LogP contribution in [0.2, 0.25) is 0 Å². The summed E-state index contributed by atoms with van der Waals surface area (Å²) in [7, 11) is 2.07. The Morgan fingerprint density at radius 1 is 1.21 bits per heavy atom. The van der Waals surface area contributed by atoms with E-state index in [1.807, 2.05) is 6.92 Å². The number of carbonyl (C=O) groups is 1. The fourth-order valence-electron chi connectivity index (χ4n) is 1.53. The van der Waals surface area contributed by atoms with Gasteiger partial charge in [-0.3, -0.25) is 0 Å². The van der Waals surface area contributed by atoms with Crippen LogP contribution in [0, 0.1) is 6.92 Å². The second-order valence-electron chi connectivity index (χ2n) is 6.55. The Bertz CT molecular complexity index is 643. The smallest absolute Gasteiger partial charge is 0.333 e. The van der Waals surface area contributed by atoms with E-state index in [2.05, 4.69) is 27.7 Å². The molecule has 0 spiro atoms. The van der Waals surface area contributed by atoms with Crippen molar-refractivity contribution < 1.29 is 27.0 Å². The van der Waals surface area contributed by atoms with Gasteiger partial charge in [0.05, 0.1) is 39.2 Å². The van der Waals surface area contributed by atoms with E-state index in [0.29, 0.717) is 12.2 Å². The van der Waals surface area contributed by atoms with Crippen LogP contribution in [0.3, 0.4) is 0 Å². The third kappa shape index (κ3) is 10.9. The normalized spacial score (nSPS) is 11.2. The Kier molecular flexibility index (Phi) is 8.88. The lowest BCUT2D eigenvalue weighted by atomic mass is 10.2. The van der Waals surface area contributed by atoms with Gasteiger partial charge in [0.25, 0.3) is 0 Å². The fraction of sp³-hybridized carbons (Fsp3) is 0.471. The van der Waals surface area contributed by atoms with Gasteiger partial charge in [-0.2, -0.15) is 0 Å². The quantitative estimate of drug-likeness (QED) is 0.256. The molecule has 0 radical (unpaired) electrons. The van der Waals surface area contributed by atoms with Crippen LogP contribution in [0.1, 0.15) is 18.9 Å². The number of quaternary nitrogens is 1. The van der Waals surface area contributed by atoms with Crippen molar-refractivity contribution in [1.29, 1.82) is 0 Å². The van der Waals surface area contributed by atoms with Crippen LogP contribution >= 0.6 is 0 Å². The van der Waals surface area contributed by atoms with E-state index in [0.717, 1.165) is 23.0 Å². The predicted octanol–water partition coefficient (Wildman–Crippen LogP) is 2.10. The summed E-state index contributed by atoms with van der Waals surface area (Å²) in [6.07, 6.45) is 0.891. The summed E-state index contributed by atoms with van der Waals surface area (Å²) in [5.74, 6) is -0.290. The van der Waals surface area contributed by atoms with Crippen molar-refractivity contribution in [3.8, 4) is 0 Å². The molecule has 0 N–H and O–H groups in total. The summed E-state index contributed by atoms with van der Waals surface area (Å²) < 4.78 is 37.0. The monoisotopic (exact) mass is 357 g/mol. The molecule has 0 aliphatic rings. The summed E-state index contributed by atoms with van der Waals surface area (Å²) in [6.45, 7) is 8.47. The Morgan fingerprint density at radius 2 is 1.71 bits per heavy atom. The van der Waals surface area contributed by atoms with Crippen LogP contribution in [0.4, 0.5) is 0 Å². The molecule has 1 aromatic carbocycles. The van der Waals surface area contributed by atoms with Gasteiger partial charge in [-0.05, 0) is 26.0 Å². The maximum Gasteiger partial charge on any atom is 0.333 e. The molecule has 1 aromatic rings. The van der Waals surface area contributed by atoms with Gasteiger partial charge in [0.15, 0.2) is 0 Å². The average molecular weight is 357 g/mol. The number of nitrogens with zero attached hydrogens (tertiary/aromatic N) is 1. The SMILES string of the molecule is C=C(C)C(=O)OCCC[N+](C)(C)C.Cc1ccc(S(=O)(=O)[O-])cc1. The minimum absolute atomic E-state index is 0.178. The Hall–Kier alpha value is -1.70. The highest BCUT2D eigenvalue weighted by Crippen LogP contribution is 2.08. The van der Waals surface area contributed by atoms with Gasteiger partial charge in [-0.25, -0.2) is 13.2 Å². The topological polar surface area (TPSA) is 83.5 Å². The van der Waals surface area contributed by atoms with Gasteiger partial charge in [0.2, 0.25) is 0 Å². The summed E-state index contributed by atoms with van der Waals surface area (Å²) in [5, 5.41) is 0. The van der Waals surface area contributed by atoms with Crippen molar-refractivity contribution in [3.05, 3.63) is 42.0 Å². The molecule has 1 rings (SSSR count). The van der Waals surface area contributed by atoms with Gasteiger partial charge in [-0.1, -0.05) is 24.3 Å². The Morgan fingerprint density at radius 3 is 2.08 bits per heavy atom. The molecule has 0 aliphatic carbocycles. The zero-order chi connectivity index (χ0) is 19.0. The van der Waals surface area contributed by atoms with E-state index >= 15 is 0 Å². The molecular formula is C17H27NO5S. The fourth-order valence-corrected chi connectivity index (χ4v) is 2.00. The molecule has 24 heavy (non-hydrogen) atoms. The minimum Gasteiger partial charge on any atom is -0.744 e. The maximum atomic E-state index is 10.9. The van der Waals surface area contributed by atoms with Crippen molar-refractivity contribution in [3.63, 3.8) is 0 Å². The van der Waals surface area contributed by atoms with Crippen molar-refractivity contribution in [2.45, 2.75) is 25.2 Å². The molecule has 0 unspecified atom stereocenters. The highest BCUT2D eigenvalue weighted by atomic mass is 32.2. The highest BCUT2D eigenvalue weighted by molar-refractivity contribution is 7.85. The number of esters is 1. The molecule has 0 bridgehead atoms. The molecule has 0 aromatic heterocycles. The maximum absolute atomic E-state index is 10.9. The Labute approximate surface area is 145 Å². The first kappa shape index (κ1) is 22.3. The third-order valence-electron chi connectivity index (χ3n) is 2.86. The first-order valence-corrected chi connectivity index (χ1v) is 8.89. The first-order chi connectivity index (χ1) is 10.8. The van der Waals surface area contributed by atoms with Crippen molar-refractivity contribution in [2.24, 2.45) is 0 Å². The molecule has 136 valence electrons. The van der Waals surface area contributed by atoms with E-state index in [1.54, 1.807) is 19.1 Å². The second-order valence-corrected chi connectivity index (χ2v) is 7.93. The first-order valence-electron chi connectivity index (χ1n) is 7.48. The lowest BCUT2D eigenvalue weighted by molar-refractivity contribution is -0.870. The second kappa shape index (κ2) is 9.56. The van der Waals surface area contributed by atoms with E-state index in [9.17, 15) is 17.8 Å². The number of rotatable bonds is 6. The number of aryl methyl sites for hydroxylation is 1. The van der Waals surface area contributed by atoms with Gasteiger partial charge in [0, 0.05) is 12.0 Å². The number of hydrogen-bond donors (Lipinski definition) is 0. The van der Waals surface area contributed by atoms with Gasteiger partial charge < -0.3 is 13.8 Å². The van der Waals surface area contributed by atoms with Crippen LogP contribution < -0.4 is 0 Å². The lowest BCUT2D eigenvalue weighted by Crippen LogP contribution is -2.35. The van der Waals surface area contributed by atoms with Crippen LogP contribution in [-0.4, -0.2) is 57.7 Å². The summed E-state index contributed by atoms with van der Waals surface area (Å²) in [6, 6.07) is 5.78. The van der Waals surface area contributed by atoms with Crippen LogP contribution in [0.15, 0.2) is 41.3 Å². The predicted molar refractivity (Wildman–Crippen MR) is 92.4 cm³/mol. The molecule has 0 heterocycles. The van der Waals surface area contributed by atoms with Gasteiger partial charge in [0.1, 0.15) is 10.1 Å². The summed E-state index contributed by atoms with van der Waals surface area (Å²) in [5.41, 5.74) is 1.39. The summed E-state index contributed by atoms with van der Waals surface area (Å²) >= 11 is 0. The van der Waals surface area contributed by atoms with Crippen molar-refractivity contribution >= 4 is 16.1 Å². The van der Waals surface area contributed by atoms with Gasteiger partial charge >= 0.3 is 5.97 Å². The summed E-state index contributed by atoms with van der Waals surface area (Å²) in [4.78, 5) is 10.8. The molecular weight excluding hydrogens is 330 g/mol. The number of carbonyl (C=O) groups excluding carboxylic acids is 1. The molecule has 0 saturated carbocycles. The number of ether oxygens (including phenoxy) is 1. The average Bonchev–Trinajstić information content (AvgIpc) is 2.42. The molecule has 6 nitrogen and oxygen atoms in total. The van der Waals surface area contributed by atoms with E-state index < -0.39 is 10.1 Å². The molecule has 0 saturated heterocycles. The van der Waals surface area contributed by atoms with Crippen molar-refractivity contribution in [2.75, 3.05) is 34.3 Å². The van der Waals surface area contributed by atoms with Gasteiger partial charge in [-0.15, -0.1) is 0 Å². The molecule has 7 heteroatoms. The van der Waals surface area contributed by atoms with Crippen LogP contribution in [-0.2, 0) is 19.6 Å². The van der Waals surface area contributed by atoms with Crippen LogP contribution in [0.5, 0.6) is 0 Å². The lowest BCUT2D eigenvalue weighted by Gasteiger charge is -2.23. The Balaban J connectivity index is 0.000000446. The standard InChI is InChI=1S/C10H20NO2.C7H8O3S/c1-9(2)10(12)13-8-6-7-11(3,4)5;1-6-2-4-7(5-3-6)11(8,9)10/h1,6-8H2,2-5H3;2-5H,1H3,(H,8,9,10)/q+1;/p-1. The van der Waals surface area contributed by atoms with E-state index in [4.69, 9.17) is 4.74 Å². The zero-order valence-corrected chi connectivity index (χ0v) is 15.9. The molecule has 0 aliphatic heterocycles. The largest absolute Gasteiger partial charge is 0.744 e.